The molecule has 4 nitrogen and oxygen atoms in total. The maximum Gasteiger partial charge on any atom is 0.341 e. The van der Waals surface area contributed by atoms with E-state index in [2.05, 4.69) is 4.98 Å². The Bertz CT molecular complexity index is 603. The van der Waals surface area contributed by atoms with Crippen LogP contribution in [0.2, 0.25) is 5.02 Å². The quantitative estimate of drug-likeness (QED) is 0.776. The van der Waals surface area contributed by atoms with Gasteiger partial charge in [-0.15, -0.1) is 0 Å². The van der Waals surface area contributed by atoms with Crippen LogP contribution >= 0.6 is 11.6 Å². The molecule has 1 aromatic heterocycles. The summed E-state index contributed by atoms with van der Waals surface area (Å²) in [6.45, 7) is 0. The molecule has 0 atom stereocenters. The fraction of sp³-hybridized carbons (Fsp3) is 0. The highest BCUT2D eigenvalue weighted by atomic mass is 35.5. The second-order valence-corrected chi connectivity index (χ2v) is 3.43. The number of nitrogens with one attached hydrogen (secondary N) is 1. The fourth-order valence-corrected chi connectivity index (χ4v) is 1.58. The van der Waals surface area contributed by atoms with E-state index in [1.807, 2.05) is 0 Å². The summed E-state index contributed by atoms with van der Waals surface area (Å²) in [5.41, 5.74) is -0.484. The van der Waals surface area contributed by atoms with Crippen molar-refractivity contribution in [3.63, 3.8) is 0 Å². The molecule has 1 aromatic carbocycles. The molecular weight excluding hydrogens is 218 g/mol. The minimum Gasteiger partial charge on any atom is -0.477 e. The highest BCUT2D eigenvalue weighted by Crippen LogP contribution is 2.20. The predicted octanol–water partition coefficient (Wildman–Crippen LogP) is 1.88. The van der Waals surface area contributed by atoms with Gasteiger partial charge in [-0.3, -0.25) is 4.79 Å². The number of halogens is 1. The summed E-state index contributed by atoms with van der Waals surface area (Å²) in [5.74, 6) is -1.25. The van der Waals surface area contributed by atoms with E-state index >= 15 is 0 Å². The second kappa shape index (κ2) is 3.40. The van der Waals surface area contributed by atoms with E-state index in [1.165, 1.54) is 6.07 Å². The van der Waals surface area contributed by atoms with Crippen molar-refractivity contribution in [3.05, 3.63) is 45.2 Å². The Morgan fingerprint density at radius 2 is 2.13 bits per heavy atom. The van der Waals surface area contributed by atoms with Crippen molar-refractivity contribution in [1.29, 1.82) is 0 Å². The van der Waals surface area contributed by atoms with E-state index in [-0.39, 0.29) is 5.56 Å². The topological polar surface area (TPSA) is 70.2 Å². The molecule has 0 bridgehead atoms. The lowest BCUT2D eigenvalue weighted by Crippen LogP contribution is -2.16. The predicted molar refractivity (Wildman–Crippen MR) is 56.5 cm³/mol. The number of benzene rings is 1. The van der Waals surface area contributed by atoms with Crippen LogP contribution in [0, 0.1) is 0 Å². The van der Waals surface area contributed by atoms with Gasteiger partial charge < -0.3 is 10.1 Å². The van der Waals surface area contributed by atoms with Crippen molar-refractivity contribution < 1.29 is 9.90 Å². The van der Waals surface area contributed by atoms with E-state index in [0.717, 1.165) is 0 Å². The van der Waals surface area contributed by atoms with Crippen LogP contribution in [0.15, 0.2) is 29.1 Å². The Labute approximate surface area is 89.1 Å². The normalized spacial score (nSPS) is 10.5. The van der Waals surface area contributed by atoms with E-state index < -0.39 is 11.5 Å². The van der Waals surface area contributed by atoms with Crippen LogP contribution in [-0.4, -0.2) is 16.1 Å². The first-order valence-electron chi connectivity index (χ1n) is 4.14. The SMILES string of the molecule is O=C(O)c1cc2cccc(Cl)c2[nH]c1=O. The van der Waals surface area contributed by atoms with Gasteiger partial charge in [0.1, 0.15) is 5.56 Å². The Morgan fingerprint density at radius 1 is 1.40 bits per heavy atom. The molecule has 0 amide bonds. The lowest BCUT2D eigenvalue weighted by atomic mass is 10.1. The maximum absolute atomic E-state index is 11.3. The first-order valence-corrected chi connectivity index (χ1v) is 4.52. The molecule has 0 radical (unpaired) electrons. The van der Waals surface area contributed by atoms with E-state index in [9.17, 15) is 9.59 Å². The number of carboxylic acids is 1. The number of para-hydroxylation sites is 1. The van der Waals surface area contributed by atoms with E-state index in [0.29, 0.717) is 15.9 Å². The minimum atomic E-state index is -1.25. The van der Waals surface area contributed by atoms with Gasteiger partial charge in [0.25, 0.3) is 5.56 Å². The molecule has 2 rings (SSSR count). The zero-order chi connectivity index (χ0) is 11.0. The summed E-state index contributed by atoms with van der Waals surface area (Å²) >= 11 is 5.84. The highest BCUT2D eigenvalue weighted by Gasteiger charge is 2.10. The van der Waals surface area contributed by atoms with Gasteiger partial charge >= 0.3 is 5.97 Å². The summed E-state index contributed by atoms with van der Waals surface area (Å²) in [6, 6.07) is 6.31. The van der Waals surface area contributed by atoms with E-state index in [1.54, 1.807) is 18.2 Å². The zero-order valence-electron chi connectivity index (χ0n) is 7.45. The number of aromatic nitrogens is 1. The molecule has 2 N–H and O–H groups in total. The average Bonchev–Trinajstić information content (AvgIpc) is 2.18. The molecule has 0 saturated heterocycles. The molecule has 0 saturated carbocycles. The minimum absolute atomic E-state index is 0.287. The molecule has 76 valence electrons. The molecular formula is C10H6ClNO3. The second-order valence-electron chi connectivity index (χ2n) is 3.02. The summed E-state index contributed by atoms with van der Waals surface area (Å²) in [5, 5.41) is 9.73. The number of carboxylic acid groups (broad SMARTS) is 1. The number of carbonyl (C=O) groups is 1. The molecule has 0 aliphatic heterocycles. The largest absolute Gasteiger partial charge is 0.477 e. The van der Waals surface area contributed by atoms with Gasteiger partial charge in [-0.05, 0) is 12.1 Å². The summed E-state index contributed by atoms with van der Waals surface area (Å²) in [6.07, 6.45) is 0. The summed E-state index contributed by atoms with van der Waals surface area (Å²) < 4.78 is 0. The van der Waals surface area contributed by atoms with Crippen LogP contribution in [-0.2, 0) is 0 Å². The van der Waals surface area contributed by atoms with Gasteiger partial charge in [0.05, 0.1) is 10.5 Å². The molecule has 0 aliphatic rings. The molecule has 0 aliphatic carbocycles. The fourth-order valence-electron chi connectivity index (χ4n) is 1.35. The van der Waals surface area contributed by atoms with Crippen LogP contribution in [0.4, 0.5) is 0 Å². The first kappa shape index (κ1) is 9.73. The van der Waals surface area contributed by atoms with Crippen molar-refractivity contribution in [1.82, 2.24) is 4.98 Å². The Morgan fingerprint density at radius 3 is 2.80 bits per heavy atom. The smallest absolute Gasteiger partial charge is 0.341 e. The summed E-state index contributed by atoms with van der Waals surface area (Å²) in [7, 11) is 0. The monoisotopic (exact) mass is 223 g/mol. The molecule has 1 heterocycles. The number of hydrogen-bond donors (Lipinski definition) is 2. The number of aromatic amines is 1. The van der Waals surface area contributed by atoms with Crippen molar-refractivity contribution in [2.75, 3.05) is 0 Å². The lowest BCUT2D eigenvalue weighted by molar-refractivity contribution is 0.0695. The molecule has 0 spiro atoms. The molecule has 0 fully saturated rings. The Hall–Kier alpha value is -1.81. The van der Waals surface area contributed by atoms with Crippen molar-refractivity contribution in [2.24, 2.45) is 0 Å². The van der Waals surface area contributed by atoms with Crippen LogP contribution < -0.4 is 5.56 Å². The third-order valence-corrected chi connectivity index (χ3v) is 2.37. The lowest BCUT2D eigenvalue weighted by Gasteiger charge is -2.00. The van der Waals surface area contributed by atoms with Crippen molar-refractivity contribution in [3.8, 4) is 0 Å². The Kier molecular flexibility index (Phi) is 2.21. The Balaban J connectivity index is 2.88. The van der Waals surface area contributed by atoms with Crippen molar-refractivity contribution in [2.45, 2.75) is 0 Å². The van der Waals surface area contributed by atoms with Crippen LogP contribution in [0.1, 0.15) is 10.4 Å². The van der Waals surface area contributed by atoms with Crippen LogP contribution in [0.3, 0.4) is 0 Å². The van der Waals surface area contributed by atoms with Crippen molar-refractivity contribution >= 4 is 28.5 Å². The van der Waals surface area contributed by atoms with Crippen LogP contribution in [0.25, 0.3) is 10.9 Å². The van der Waals surface area contributed by atoms with Gasteiger partial charge in [-0.25, -0.2) is 4.79 Å². The van der Waals surface area contributed by atoms with Gasteiger partial charge in [0, 0.05) is 5.39 Å². The van der Waals surface area contributed by atoms with E-state index in [4.69, 9.17) is 16.7 Å². The number of fused-ring (bicyclic) bond motifs is 1. The number of H-pyrrole nitrogens is 1. The highest BCUT2D eigenvalue weighted by molar-refractivity contribution is 6.35. The average molecular weight is 224 g/mol. The van der Waals surface area contributed by atoms with Gasteiger partial charge in [0.15, 0.2) is 0 Å². The molecule has 0 unspecified atom stereocenters. The summed E-state index contributed by atoms with van der Waals surface area (Å²) in [4.78, 5) is 24.5. The number of aromatic carboxylic acids is 1. The number of pyridine rings is 1. The number of hydrogen-bond acceptors (Lipinski definition) is 2. The van der Waals surface area contributed by atoms with Gasteiger partial charge in [0.2, 0.25) is 0 Å². The maximum atomic E-state index is 11.3. The van der Waals surface area contributed by atoms with Gasteiger partial charge in [-0.1, -0.05) is 23.7 Å². The zero-order valence-corrected chi connectivity index (χ0v) is 8.21. The van der Waals surface area contributed by atoms with Gasteiger partial charge in [-0.2, -0.15) is 0 Å². The molecule has 2 aromatic rings. The standard InChI is InChI=1S/C10H6ClNO3/c11-7-3-1-2-5-4-6(10(14)15)9(13)12-8(5)7/h1-4H,(H,12,13)(H,14,15). The molecule has 5 heteroatoms. The molecule has 15 heavy (non-hydrogen) atoms. The number of rotatable bonds is 1. The third kappa shape index (κ3) is 1.59. The first-order chi connectivity index (χ1) is 7.09. The third-order valence-electron chi connectivity index (χ3n) is 2.06. The van der Waals surface area contributed by atoms with Crippen LogP contribution in [0.5, 0.6) is 0 Å².